The Labute approximate surface area is 165 Å². The van der Waals surface area contributed by atoms with Crippen LogP contribution in [-0.2, 0) is 4.79 Å². The molecule has 0 saturated heterocycles. The van der Waals surface area contributed by atoms with Gasteiger partial charge in [-0.2, -0.15) is 0 Å². The van der Waals surface area contributed by atoms with E-state index in [4.69, 9.17) is 14.6 Å². The molecule has 1 aromatic carbocycles. The lowest BCUT2D eigenvalue weighted by Crippen LogP contribution is -2.17. The average molecular weight is 390 g/mol. The average Bonchev–Trinajstić information content (AvgIpc) is 3.13. The lowest BCUT2D eigenvalue weighted by molar-refractivity contribution is -0.139. The van der Waals surface area contributed by atoms with Crippen molar-refractivity contribution in [3.63, 3.8) is 0 Å². The van der Waals surface area contributed by atoms with Gasteiger partial charge in [-0.1, -0.05) is 51.0 Å². The molecule has 28 heavy (non-hydrogen) atoms. The Hall–Kier alpha value is -2.05. The van der Waals surface area contributed by atoms with Crippen molar-refractivity contribution in [1.82, 2.24) is 0 Å². The molecule has 2 unspecified atom stereocenters. The molecule has 154 valence electrons. The Kier molecular flexibility index (Phi) is 6.62. The number of benzene rings is 1. The van der Waals surface area contributed by atoms with E-state index in [-0.39, 0.29) is 17.9 Å². The van der Waals surface area contributed by atoms with E-state index in [2.05, 4.69) is 13.8 Å². The van der Waals surface area contributed by atoms with Crippen LogP contribution in [0.25, 0.3) is 0 Å². The molecule has 6 atom stereocenters. The van der Waals surface area contributed by atoms with E-state index in [1.54, 1.807) is 12.1 Å². The van der Waals surface area contributed by atoms with E-state index < -0.39 is 24.8 Å². The van der Waals surface area contributed by atoms with Crippen molar-refractivity contribution in [2.75, 3.05) is 6.61 Å². The number of para-hydroxylation sites is 1. The number of carbonyl (C=O) groups is 1. The van der Waals surface area contributed by atoms with Crippen molar-refractivity contribution in [3.05, 3.63) is 35.9 Å². The Morgan fingerprint density at radius 2 is 2.21 bits per heavy atom. The van der Waals surface area contributed by atoms with Crippen LogP contribution in [0, 0.1) is 11.8 Å². The second-order valence-electron chi connectivity index (χ2n) is 8.00. The zero-order valence-electron chi connectivity index (χ0n) is 16.5. The van der Waals surface area contributed by atoms with Crippen LogP contribution >= 0.6 is 0 Å². The van der Waals surface area contributed by atoms with Crippen LogP contribution in [-0.4, -0.2) is 46.2 Å². The van der Waals surface area contributed by atoms with Gasteiger partial charge in [0.25, 0.3) is 0 Å². The topological polar surface area (TPSA) is 96.2 Å². The van der Waals surface area contributed by atoms with Crippen LogP contribution in [0.4, 0.5) is 0 Å². The molecule has 0 radical (unpaired) electrons. The number of ether oxygens (including phenoxy) is 2. The predicted octanol–water partition coefficient (Wildman–Crippen LogP) is 3.12. The lowest BCUT2D eigenvalue weighted by atomic mass is 9.87. The Balaban J connectivity index is 1.74. The highest BCUT2D eigenvalue weighted by molar-refractivity contribution is 5.68. The standard InChI is InChI=1S/C22H30O6/c1-3-5-13(2)10-14(23)8-9-15-17(24)11-19-21(15)16-6-4-7-18(22(16)28-19)27-12-20(25)26/h4,6-9,13-15,17,19,21,23-24H,3,5,10-12H2,1-2H3,(H,25,26)/b9-8+/t13-,14+,15-,17+,19?,21?/m0/s1. The maximum absolute atomic E-state index is 10.8. The molecule has 3 rings (SSSR count). The first-order chi connectivity index (χ1) is 13.4. The summed E-state index contributed by atoms with van der Waals surface area (Å²) in [6.45, 7) is 3.85. The smallest absolute Gasteiger partial charge is 0.341 e. The van der Waals surface area contributed by atoms with Gasteiger partial charge in [-0.25, -0.2) is 4.79 Å². The quantitative estimate of drug-likeness (QED) is 0.561. The van der Waals surface area contributed by atoms with Crippen molar-refractivity contribution in [2.45, 2.75) is 63.8 Å². The molecule has 1 fully saturated rings. The van der Waals surface area contributed by atoms with Crippen LogP contribution in [0.1, 0.15) is 51.0 Å². The van der Waals surface area contributed by atoms with Crippen molar-refractivity contribution < 1.29 is 29.6 Å². The summed E-state index contributed by atoms with van der Waals surface area (Å²) in [7, 11) is 0. The fourth-order valence-corrected chi connectivity index (χ4v) is 4.49. The van der Waals surface area contributed by atoms with Crippen molar-refractivity contribution in [2.24, 2.45) is 11.8 Å². The summed E-state index contributed by atoms with van der Waals surface area (Å²) in [4.78, 5) is 10.8. The Morgan fingerprint density at radius 1 is 1.43 bits per heavy atom. The lowest BCUT2D eigenvalue weighted by Gasteiger charge is -2.18. The van der Waals surface area contributed by atoms with E-state index in [0.29, 0.717) is 30.3 Å². The molecule has 2 aliphatic rings. The van der Waals surface area contributed by atoms with Gasteiger partial charge in [0, 0.05) is 23.8 Å². The minimum absolute atomic E-state index is 0.0325. The molecule has 3 N–H and O–H groups in total. The summed E-state index contributed by atoms with van der Waals surface area (Å²) in [5.74, 6) is 0.210. The number of carboxylic acids is 1. The first-order valence-corrected chi connectivity index (χ1v) is 10.1. The van der Waals surface area contributed by atoms with E-state index in [9.17, 15) is 15.0 Å². The van der Waals surface area contributed by atoms with Gasteiger partial charge in [0.1, 0.15) is 6.10 Å². The molecular weight excluding hydrogens is 360 g/mol. The minimum Gasteiger partial charge on any atom is -0.485 e. The summed E-state index contributed by atoms with van der Waals surface area (Å²) in [6.07, 6.45) is 5.86. The molecule has 0 bridgehead atoms. The summed E-state index contributed by atoms with van der Waals surface area (Å²) < 4.78 is 11.4. The number of aliphatic hydroxyl groups excluding tert-OH is 2. The first-order valence-electron chi connectivity index (χ1n) is 10.1. The van der Waals surface area contributed by atoms with Crippen LogP contribution in [0.5, 0.6) is 11.5 Å². The zero-order valence-corrected chi connectivity index (χ0v) is 16.5. The second kappa shape index (κ2) is 8.97. The molecule has 1 aromatic rings. The fourth-order valence-electron chi connectivity index (χ4n) is 4.49. The van der Waals surface area contributed by atoms with Gasteiger partial charge in [0.15, 0.2) is 18.1 Å². The van der Waals surface area contributed by atoms with E-state index in [1.807, 2.05) is 18.2 Å². The number of carboxylic acid groups (broad SMARTS) is 1. The van der Waals surface area contributed by atoms with Gasteiger partial charge in [-0.3, -0.25) is 0 Å². The van der Waals surface area contributed by atoms with Crippen LogP contribution < -0.4 is 9.47 Å². The maximum atomic E-state index is 10.8. The van der Waals surface area contributed by atoms with E-state index in [1.165, 1.54) is 0 Å². The van der Waals surface area contributed by atoms with Crippen LogP contribution in [0.15, 0.2) is 30.4 Å². The molecule has 1 aliphatic carbocycles. The number of fused-ring (bicyclic) bond motifs is 3. The van der Waals surface area contributed by atoms with Gasteiger partial charge in [-0.15, -0.1) is 0 Å². The normalized spacial score (nSPS) is 27.9. The molecule has 0 spiro atoms. The number of aliphatic carboxylic acids is 1. The van der Waals surface area contributed by atoms with Crippen molar-refractivity contribution >= 4 is 5.97 Å². The largest absolute Gasteiger partial charge is 0.485 e. The first kappa shape index (κ1) is 20.7. The molecule has 1 heterocycles. The minimum atomic E-state index is -1.04. The van der Waals surface area contributed by atoms with Gasteiger partial charge < -0.3 is 24.8 Å². The number of hydrogen-bond acceptors (Lipinski definition) is 5. The number of hydrogen-bond donors (Lipinski definition) is 3. The highest BCUT2D eigenvalue weighted by Gasteiger charge is 2.49. The molecule has 1 saturated carbocycles. The summed E-state index contributed by atoms with van der Waals surface area (Å²) in [5, 5.41) is 29.7. The Morgan fingerprint density at radius 3 is 2.93 bits per heavy atom. The van der Waals surface area contributed by atoms with Crippen molar-refractivity contribution in [3.8, 4) is 11.5 Å². The molecule has 0 amide bonds. The van der Waals surface area contributed by atoms with E-state index in [0.717, 1.165) is 18.4 Å². The van der Waals surface area contributed by atoms with Crippen LogP contribution in [0.2, 0.25) is 0 Å². The third-order valence-electron chi connectivity index (χ3n) is 5.70. The molecule has 1 aliphatic heterocycles. The number of rotatable bonds is 9. The maximum Gasteiger partial charge on any atom is 0.341 e. The highest BCUT2D eigenvalue weighted by atomic mass is 16.5. The third kappa shape index (κ3) is 4.50. The number of aliphatic hydroxyl groups is 2. The molecule has 6 nitrogen and oxygen atoms in total. The van der Waals surface area contributed by atoms with Crippen molar-refractivity contribution in [1.29, 1.82) is 0 Å². The predicted molar refractivity (Wildman–Crippen MR) is 105 cm³/mol. The summed E-state index contributed by atoms with van der Waals surface area (Å²) in [5.41, 5.74) is 0.924. The monoisotopic (exact) mass is 390 g/mol. The van der Waals surface area contributed by atoms with Gasteiger partial charge >= 0.3 is 5.97 Å². The third-order valence-corrected chi connectivity index (χ3v) is 5.70. The Bertz CT molecular complexity index is 715. The summed E-state index contributed by atoms with van der Waals surface area (Å²) >= 11 is 0. The van der Waals surface area contributed by atoms with E-state index >= 15 is 0 Å². The molecule has 0 aromatic heterocycles. The van der Waals surface area contributed by atoms with Crippen LogP contribution in [0.3, 0.4) is 0 Å². The zero-order chi connectivity index (χ0) is 20.3. The highest BCUT2D eigenvalue weighted by Crippen LogP contribution is 2.53. The van der Waals surface area contributed by atoms with Gasteiger partial charge in [0.05, 0.1) is 12.2 Å². The molecular formula is C22H30O6. The second-order valence-corrected chi connectivity index (χ2v) is 8.00. The summed E-state index contributed by atoms with van der Waals surface area (Å²) in [6, 6.07) is 5.45. The molecule has 6 heteroatoms. The van der Waals surface area contributed by atoms with Gasteiger partial charge in [-0.05, 0) is 18.4 Å². The SMILES string of the molecule is CCC[C@H](C)C[C@H](O)/C=C/[C@@H]1C2c3cccc(OCC(=O)O)c3OC2C[C@H]1O. The fraction of sp³-hybridized carbons (Fsp3) is 0.591. The van der Waals surface area contributed by atoms with Gasteiger partial charge in [0.2, 0.25) is 0 Å².